The van der Waals surface area contributed by atoms with E-state index in [4.69, 9.17) is 0 Å². The molecule has 0 aromatic heterocycles. The quantitative estimate of drug-likeness (QED) is 0.447. The minimum absolute atomic E-state index is 0.0420. The van der Waals surface area contributed by atoms with Crippen molar-refractivity contribution >= 4 is 17.4 Å². The average molecular weight is 427 g/mol. The van der Waals surface area contributed by atoms with Gasteiger partial charge in [0, 0.05) is 24.1 Å². The van der Waals surface area contributed by atoms with Crippen molar-refractivity contribution in [1.82, 2.24) is 5.32 Å². The van der Waals surface area contributed by atoms with Crippen LogP contribution in [0.2, 0.25) is 0 Å². The molecule has 2 N–H and O–H groups in total. The molecule has 1 saturated heterocycles. The van der Waals surface area contributed by atoms with E-state index in [2.05, 4.69) is 34.9 Å². The number of amides is 1. The van der Waals surface area contributed by atoms with Crippen molar-refractivity contribution in [3.05, 3.63) is 90.0 Å². The van der Waals surface area contributed by atoms with Crippen molar-refractivity contribution < 1.29 is 9.59 Å². The molecular formula is C28H30N2O2. The number of rotatable bonds is 8. The number of hydrogen-bond acceptors (Lipinski definition) is 3. The lowest BCUT2D eigenvalue weighted by Gasteiger charge is -2.23. The maximum Gasteiger partial charge on any atom is 0.224 e. The van der Waals surface area contributed by atoms with Crippen LogP contribution < -0.4 is 10.6 Å². The Balaban J connectivity index is 1.24. The summed E-state index contributed by atoms with van der Waals surface area (Å²) >= 11 is 0. The molecule has 0 saturated carbocycles. The number of ketones is 1. The third-order valence-electron chi connectivity index (χ3n) is 6.10. The summed E-state index contributed by atoms with van der Waals surface area (Å²) in [5.74, 6) is 0.587. The fourth-order valence-electron chi connectivity index (χ4n) is 4.28. The zero-order chi connectivity index (χ0) is 22.2. The Morgan fingerprint density at radius 2 is 1.53 bits per heavy atom. The second-order valence-corrected chi connectivity index (χ2v) is 8.42. The summed E-state index contributed by atoms with van der Waals surface area (Å²) in [5.41, 5.74) is 5.05. The second kappa shape index (κ2) is 10.9. The van der Waals surface area contributed by atoms with Crippen LogP contribution in [0.3, 0.4) is 0 Å². The van der Waals surface area contributed by atoms with E-state index in [0.717, 1.165) is 42.7 Å². The molecule has 0 unspecified atom stereocenters. The maximum absolute atomic E-state index is 12.5. The lowest BCUT2D eigenvalue weighted by Crippen LogP contribution is -2.26. The molecule has 3 aromatic carbocycles. The SMILES string of the molecule is O=C(CCCC(=O)c1ccc(-c2ccccc2)cc1)Nc1cccc(C2CCNCC2)c1. The van der Waals surface area contributed by atoms with Crippen molar-refractivity contribution in [2.45, 2.75) is 38.0 Å². The van der Waals surface area contributed by atoms with Gasteiger partial charge in [0.1, 0.15) is 0 Å². The number of Topliss-reactive ketones (excluding diaryl/α,β-unsaturated/α-hetero) is 1. The van der Waals surface area contributed by atoms with Crippen LogP contribution in [0.4, 0.5) is 5.69 Å². The Hall–Kier alpha value is -3.24. The summed E-state index contributed by atoms with van der Waals surface area (Å²) in [6.45, 7) is 2.09. The zero-order valence-corrected chi connectivity index (χ0v) is 18.3. The molecule has 4 nitrogen and oxygen atoms in total. The third-order valence-corrected chi connectivity index (χ3v) is 6.10. The Kier molecular flexibility index (Phi) is 7.47. The van der Waals surface area contributed by atoms with E-state index in [9.17, 15) is 9.59 Å². The lowest BCUT2D eigenvalue weighted by molar-refractivity contribution is -0.116. The highest BCUT2D eigenvalue weighted by molar-refractivity contribution is 5.97. The van der Waals surface area contributed by atoms with Crippen LogP contribution in [0, 0.1) is 0 Å². The van der Waals surface area contributed by atoms with Gasteiger partial charge in [-0.25, -0.2) is 0 Å². The van der Waals surface area contributed by atoms with Crippen molar-refractivity contribution in [3.8, 4) is 11.1 Å². The molecule has 0 bridgehead atoms. The monoisotopic (exact) mass is 426 g/mol. The van der Waals surface area contributed by atoms with Gasteiger partial charge in [0.25, 0.3) is 0 Å². The van der Waals surface area contributed by atoms with Crippen LogP contribution in [-0.4, -0.2) is 24.8 Å². The standard InChI is InChI=1S/C28H30N2O2/c31-27(24-14-12-22(13-15-24)21-6-2-1-3-7-21)10-5-11-28(32)30-26-9-4-8-25(20-26)23-16-18-29-19-17-23/h1-4,6-9,12-15,20,23,29H,5,10-11,16-19H2,(H,30,32). The van der Waals surface area contributed by atoms with Gasteiger partial charge >= 0.3 is 0 Å². The highest BCUT2D eigenvalue weighted by Gasteiger charge is 2.15. The Bertz CT molecular complexity index is 1040. The Labute approximate surface area is 190 Å². The van der Waals surface area contributed by atoms with Gasteiger partial charge in [-0.05, 0) is 67.1 Å². The van der Waals surface area contributed by atoms with Crippen LogP contribution in [0.1, 0.15) is 53.9 Å². The summed E-state index contributed by atoms with van der Waals surface area (Å²) in [4.78, 5) is 24.9. The average Bonchev–Trinajstić information content (AvgIpc) is 2.85. The fourth-order valence-corrected chi connectivity index (χ4v) is 4.28. The van der Waals surface area contributed by atoms with E-state index in [1.807, 2.05) is 54.6 Å². The van der Waals surface area contributed by atoms with Gasteiger partial charge in [-0.15, -0.1) is 0 Å². The summed E-state index contributed by atoms with van der Waals surface area (Å²) < 4.78 is 0. The Morgan fingerprint density at radius 3 is 2.28 bits per heavy atom. The van der Waals surface area contributed by atoms with Crippen LogP contribution in [0.25, 0.3) is 11.1 Å². The number of hydrogen-bond donors (Lipinski definition) is 2. The first kappa shape index (κ1) is 22.0. The van der Waals surface area contributed by atoms with Crippen molar-refractivity contribution in [2.75, 3.05) is 18.4 Å². The smallest absolute Gasteiger partial charge is 0.224 e. The molecule has 4 rings (SSSR count). The van der Waals surface area contributed by atoms with Gasteiger partial charge in [-0.3, -0.25) is 9.59 Å². The number of nitrogens with one attached hydrogen (secondary N) is 2. The number of carbonyl (C=O) groups excluding carboxylic acids is 2. The first-order chi connectivity index (χ1) is 15.7. The van der Waals surface area contributed by atoms with E-state index >= 15 is 0 Å². The van der Waals surface area contributed by atoms with E-state index in [-0.39, 0.29) is 11.7 Å². The normalized spacial score (nSPS) is 14.1. The van der Waals surface area contributed by atoms with Crippen molar-refractivity contribution in [2.24, 2.45) is 0 Å². The fraction of sp³-hybridized carbons (Fsp3) is 0.286. The predicted octanol–water partition coefficient (Wildman–Crippen LogP) is 5.81. The summed E-state index contributed by atoms with van der Waals surface area (Å²) in [7, 11) is 0. The van der Waals surface area contributed by atoms with Crippen molar-refractivity contribution in [3.63, 3.8) is 0 Å². The number of piperidine rings is 1. The number of benzene rings is 3. The molecule has 1 fully saturated rings. The number of anilines is 1. The van der Waals surface area contributed by atoms with Gasteiger partial charge in [0.15, 0.2) is 5.78 Å². The molecule has 0 spiro atoms. The molecular weight excluding hydrogens is 396 g/mol. The van der Waals surface area contributed by atoms with E-state index < -0.39 is 0 Å². The van der Waals surface area contributed by atoms with Gasteiger partial charge in [-0.2, -0.15) is 0 Å². The molecule has 32 heavy (non-hydrogen) atoms. The molecule has 3 aromatic rings. The van der Waals surface area contributed by atoms with E-state index in [0.29, 0.717) is 30.7 Å². The van der Waals surface area contributed by atoms with Gasteiger partial charge in [-0.1, -0.05) is 66.7 Å². The highest BCUT2D eigenvalue weighted by Crippen LogP contribution is 2.27. The molecule has 0 aliphatic carbocycles. The molecule has 1 aliphatic heterocycles. The zero-order valence-electron chi connectivity index (χ0n) is 18.3. The van der Waals surface area contributed by atoms with Crippen LogP contribution in [0.15, 0.2) is 78.9 Å². The molecule has 164 valence electrons. The molecule has 4 heteroatoms. The van der Waals surface area contributed by atoms with Gasteiger partial charge in [0.2, 0.25) is 5.91 Å². The topological polar surface area (TPSA) is 58.2 Å². The van der Waals surface area contributed by atoms with Crippen LogP contribution in [0.5, 0.6) is 0 Å². The molecule has 0 atom stereocenters. The van der Waals surface area contributed by atoms with Crippen LogP contribution >= 0.6 is 0 Å². The van der Waals surface area contributed by atoms with E-state index in [1.54, 1.807) is 0 Å². The molecule has 1 heterocycles. The molecule has 0 radical (unpaired) electrons. The second-order valence-electron chi connectivity index (χ2n) is 8.42. The predicted molar refractivity (Wildman–Crippen MR) is 130 cm³/mol. The Morgan fingerprint density at radius 1 is 0.812 bits per heavy atom. The minimum atomic E-state index is -0.0420. The maximum atomic E-state index is 12.5. The first-order valence-corrected chi connectivity index (χ1v) is 11.5. The summed E-state index contributed by atoms with van der Waals surface area (Å²) in [5, 5.41) is 6.38. The highest BCUT2D eigenvalue weighted by atomic mass is 16.1. The van der Waals surface area contributed by atoms with Gasteiger partial charge in [0.05, 0.1) is 0 Å². The lowest BCUT2D eigenvalue weighted by atomic mass is 9.90. The van der Waals surface area contributed by atoms with Crippen molar-refractivity contribution in [1.29, 1.82) is 0 Å². The minimum Gasteiger partial charge on any atom is -0.326 e. The molecule has 1 amide bonds. The summed E-state index contributed by atoms with van der Waals surface area (Å²) in [6.07, 6.45) is 3.51. The largest absolute Gasteiger partial charge is 0.326 e. The molecule has 1 aliphatic rings. The van der Waals surface area contributed by atoms with Gasteiger partial charge < -0.3 is 10.6 Å². The first-order valence-electron chi connectivity index (χ1n) is 11.5. The summed E-state index contributed by atoms with van der Waals surface area (Å²) in [6, 6.07) is 26.0. The van der Waals surface area contributed by atoms with Crippen LogP contribution in [-0.2, 0) is 4.79 Å². The van der Waals surface area contributed by atoms with E-state index in [1.165, 1.54) is 5.56 Å². The third kappa shape index (κ3) is 5.92. The number of carbonyl (C=O) groups is 2.